The van der Waals surface area contributed by atoms with E-state index in [1.807, 2.05) is 19.2 Å². The maximum Gasteiger partial charge on any atom is 0.0454 e. The van der Waals surface area contributed by atoms with Crippen LogP contribution in [0.15, 0.2) is 36.4 Å². The molecule has 0 saturated carbocycles. The summed E-state index contributed by atoms with van der Waals surface area (Å²) < 4.78 is 0. The average Bonchev–Trinajstić information content (AvgIpc) is 2.42. The minimum Gasteiger partial charge on any atom is -0.313 e. The van der Waals surface area contributed by atoms with E-state index >= 15 is 0 Å². The van der Waals surface area contributed by atoms with E-state index < -0.39 is 0 Å². The van der Waals surface area contributed by atoms with E-state index in [-0.39, 0.29) is 6.04 Å². The van der Waals surface area contributed by atoms with E-state index in [4.69, 9.17) is 46.4 Å². The number of nitrogens with one attached hydrogen (secondary N) is 1. The number of likely N-dealkylation sites (N-methyl/N-ethyl adjacent to an activating group) is 1. The van der Waals surface area contributed by atoms with Gasteiger partial charge in [0.25, 0.3) is 0 Å². The Bertz CT molecular complexity index is 613. The van der Waals surface area contributed by atoms with Crippen molar-refractivity contribution >= 4 is 46.4 Å². The summed E-state index contributed by atoms with van der Waals surface area (Å²) in [5, 5.41) is 5.92. The zero-order valence-corrected chi connectivity index (χ0v) is 13.8. The summed E-state index contributed by atoms with van der Waals surface area (Å²) in [7, 11) is 1.88. The Balaban J connectivity index is 2.33. The number of halogens is 4. The minimum absolute atomic E-state index is 0.0113. The Labute approximate surface area is 138 Å². The Hall–Kier alpha value is -0.440. The normalized spacial score (nSPS) is 12.4. The molecule has 2 rings (SSSR count). The molecule has 0 aliphatic heterocycles. The monoisotopic (exact) mass is 347 g/mol. The zero-order valence-electron chi connectivity index (χ0n) is 10.8. The topological polar surface area (TPSA) is 12.0 Å². The summed E-state index contributed by atoms with van der Waals surface area (Å²) in [5.74, 6) is 0. The predicted octanol–water partition coefficient (Wildman–Crippen LogP) is 5.80. The van der Waals surface area contributed by atoms with Crippen LogP contribution >= 0.6 is 46.4 Å². The summed E-state index contributed by atoms with van der Waals surface area (Å²) in [5.41, 5.74) is 1.91. The van der Waals surface area contributed by atoms with E-state index in [1.54, 1.807) is 24.3 Å². The van der Waals surface area contributed by atoms with Gasteiger partial charge in [-0.05, 0) is 61.0 Å². The van der Waals surface area contributed by atoms with Crippen LogP contribution in [0.4, 0.5) is 0 Å². The molecule has 1 unspecified atom stereocenters. The lowest BCUT2D eigenvalue weighted by molar-refractivity contribution is 0.592. The Morgan fingerprint density at radius 2 is 1.50 bits per heavy atom. The highest BCUT2D eigenvalue weighted by atomic mass is 35.5. The van der Waals surface area contributed by atoms with Crippen molar-refractivity contribution < 1.29 is 0 Å². The zero-order chi connectivity index (χ0) is 14.7. The first-order valence-electron chi connectivity index (χ1n) is 6.07. The highest BCUT2D eigenvalue weighted by molar-refractivity contribution is 6.34. The van der Waals surface area contributed by atoms with Crippen LogP contribution in [0, 0.1) is 0 Å². The molecule has 2 aromatic carbocycles. The molecule has 5 heteroatoms. The van der Waals surface area contributed by atoms with Crippen LogP contribution in [0.5, 0.6) is 0 Å². The van der Waals surface area contributed by atoms with E-state index in [1.165, 1.54) is 0 Å². The Morgan fingerprint density at radius 1 is 0.900 bits per heavy atom. The molecule has 1 nitrogen and oxygen atoms in total. The van der Waals surface area contributed by atoms with Crippen molar-refractivity contribution in [2.24, 2.45) is 0 Å². The molecule has 1 N–H and O–H groups in total. The third kappa shape index (κ3) is 3.81. The van der Waals surface area contributed by atoms with Gasteiger partial charge in [-0.3, -0.25) is 0 Å². The molecule has 106 valence electrons. The lowest BCUT2D eigenvalue weighted by Gasteiger charge is -2.19. The van der Waals surface area contributed by atoms with Crippen LogP contribution in [-0.2, 0) is 6.42 Å². The third-order valence-corrected chi connectivity index (χ3v) is 4.30. The van der Waals surface area contributed by atoms with E-state index in [2.05, 4.69) is 5.32 Å². The van der Waals surface area contributed by atoms with Gasteiger partial charge in [0, 0.05) is 26.1 Å². The molecular formula is C15H13Cl4N. The lowest BCUT2D eigenvalue weighted by atomic mass is 9.99. The standard InChI is InChI=1S/C15H13Cl4N/c1-20-15(12-8-11(17)3-5-14(12)19)7-9-6-10(16)2-4-13(9)18/h2-6,8,15,20H,7H2,1H3. The van der Waals surface area contributed by atoms with Crippen molar-refractivity contribution in [1.82, 2.24) is 5.32 Å². The second-order valence-electron chi connectivity index (χ2n) is 4.45. The molecule has 0 bridgehead atoms. The smallest absolute Gasteiger partial charge is 0.0454 e. The third-order valence-electron chi connectivity index (χ3n) is 3.11. The van der Waals surface area contributed by atoms with E-state index in [9.17, 15) is 0 Å². The SMILES string of the molecule is CNC(Cc1cc(Cl)ccc1Cl)c1cc(Cl)ccc1Cl. The quantitative estimate of drug-likeness (QED) is 0.735. The van der Waals surface area contributed by atoms with Gasteiger partial charge < -0.3 is 5.32 Å². The number of rotatable bonds is 4. The molecule has 0 aromatic heterocycles. The first-order valence-corrected chi connectivity index (χ1v) is 7.58. The van der Waals surface area contributed by atoms with Crippen molar-refractivity contribution in [3.05, 3.63) is 67.6 Å². The molecule has 0 heterocycles. The fraction of sp³-hybridized carbons (Fsp3) is 0.200. The fourth-order valence-corrected chi connectivity index (χ4v) is 2.89. The van der Waals surface area contributed by atoms with Crippen LogP contribution in [0.3, 0.4) is 0 Å². The van der Waals surface area contributed by atoms with Gasteiger partial charge in [-0.25, -0.2) is 0 Å². The molecule has 0 aliphatic rings. The van der Waals surface area contributed by atoms with Crippen LogP contribution in [0.2, 0.25) is 20.1 Å². The second-order valence-corrected chi connectivity index (χ2v) is 6.13. The van der Waals surface area contributed by atoms with Crippen molar-refractivity contribution in [3.8, 4) is 0 Å². The van der Waals surface area contributed by atoms with Crippen LogP contribution < -0.4 is 5.32 Å². The largest absolute Gasteiger partial charge is 0.313 e. The molecule has 1 atom stereocenters. The van der Waals surface area contributed by atoms with E-state index in [0.717, 1.165) is 11.1 Å². The van der Waals surface area contributed by atoms with Crippen LogP contribution in [-0.4, -0.2) is 7.05 Å². The number of hydrogen-bond donors (Lipinski definition) is 1. The summed E-state index contributed by atoms with van der Waals surface area (Å²) in [4.78, 5) is 0. The van der Waals surface area contributed by atoms with Crippen LogP contribution in [0.25, 0.3) is 0 Å². The average molecular weight is 349 g/mol. The minimum atomic E-state index is 0.0113. The highest BCUT2D eigenvalue weighted by Crippen LogP contribution is 2.31. The van der Waals surface area contributed by atoms with Crippen molar-refractivity contribution in [1.29, 1.82) is 0 Å². The first kappa shape index (κ1) is 15.9. The van der Waals surface area contributed by atoms with Gasteiger partial charge in [0.15, 0.2) is 0 Å². The van der Waals surface area contributed by atoms with Gasteiger partial charge in [-0.2, -0.15) is 0 Å². The molecule has 0 amide bonds. The van der Waals surface area contributed by atoms with Crippen LogP contribution in [0.1, 0.15) is 17.2 Å². The van der Waals surface area contributed by atoms with Gasteiger partial charge in [0.05, 0.1) is 0 Å². The molecular weight excluding hydrogens is 336 g/mol. The number of benzene rings is 2. The summed E-state index contributed by atoms with van der Waals surface area (Å²) in [6.45, 7) is 0. The van der Waals surface area contributed by atoms with Crippen molar-refractivity contribution in [2.75, 3.05) is 7.05 Å². The lowest BCUT2D eigenvalue weighted by Crippen LogP contribution is -2.19. The highest BCUT2D eigenvalue weighted by Gasteiger charge is 2.16. The summed E-state index contributed by atoms with van der Waals surface area (Å²) in [6, 6.07) is 10.9. The van der Waals surface area contributed by atoms with Gasteiger partial charge in [0.2, 0.25) is 0 Å². The molecule has 20 heavy (non-hydrogen) atoms. The Morgan fingerprint density at radius 3 is 2.15 bits per heavy atom. The fourth-order valence-electron chi connectivity index (χ4n) is 2.07. The predicted molar refractivity (Wildman–Crippen MR) is 88.4 cm³/mol. The van der Waals surface area contributed by atoms with Crippen molar-refractivity contribution in [3.63, 3.8) is 0 Å². The molecule has 0 saturated heterocycles. The van der Waals surface area contributed by atoms with Gasteiger partial charge in [0.1, 0.15) is 0 Å². The van der Waals surface area contributed by atoms with Gasteiger partial charge in [-0.1, -0.05) is 46.4 Å². The molecule has 2 aromatic rings. The Kier molecular flexibility index (Phi) is 5.59. The maximum absolute atomic E-state index is 6.25. The molecule has 0 radical (unpaired) electrons. The molecule has 0 fully saturated rings. The number of hydrogen-bond acceptors (Lipinski definition) is 1. The maximum atomic E-state index is 6.25. The first-order chi connectivity index (χ1) is 9.51. The van der Waals surface area contributed by atoms with Gasteiger partial charge in [-0.15, -0.1) is 0 Å². The molecule has 0 aliphatic carbocycles. The summed E-state index contributed by atoms with van der Waals surface area (Å²) >= 11 is 24.5. The second kappa shape index (κ2) is 7.02. The summed E-state index contributed by atoms with van der Waals surface area (Å²) in [6.07, 6.45) is 0.677. The van der Waals surface area contributed by atoms with Crippen molar-refractivity contribution in [2.45, 2.75) is 12.5 Å². The molecule has 0 spiro atoms. The van der Waals surface area contributed by atoms with E-state index in [0.29, 0.717) is 26.5 Å². The van der Waals surface area contributed by atoms with Gasteiger partial charge >= 0.3 is 0 Å².